The van der Waals surface area contributed by atoms with E-state index < -0.39 is 7.32 Å². The Morgan fingerprint density at radius 1 is 0.479 bits per heavy atom. The number of hydrogen-bond acceptors (Lipinski definition) is 3. The SMILES string of the molecule is C[N+](C)(C)Cc1ccccc1.C[N+](C)(C)Cc1ccccc1.[O-]B([O-])OCCCC(c1ccccc1)(c1ccccc1)c1ccccc1. The Labute approximate surface area is 290 Å². The highest BCUT2D eigenvalue weighted by atomic mass is 16.6. The van der Waals surface area contributed by atoms with Crippen LogP contribution in [0.5, 0.6) is 0 Å². The molecule has 0 aliphatic heterocycles. The first-order valence-corrected chi connectivity index (χ1v) is 16.7. The standard InChI is InChI=1S/C22H21BO3.2C10H16N/c24-23(25)26-18-10-17-22(19-11-4-1-5-12-19,20-13-6-2-7-14-20)21-15-8-3-9-16-21;2*1-11(2,3)9-10-7-5-4-6-8-10/h1-9,11-16H,10,17-18H2;2*4-8H,9H2,1-3H3/q-2;2*+1. The summed E-state index contributed by atoms with van der Waals surface area (Å²) in [5.41, 5.74) is 5.98. The van der Waals surface area contributed by atoms with Gasteiger partial charge in [0.1, 0.15) is 13.1 Å². The van der Waals surface area contributed by atoms with E-state index in [9.17, 15) is 10.0 Å². The summed E-state index contributed by atoms with van der Waals surface area (Å²) < 4.78 is 6.71. The van der Waals surface area contributed by atoms with Crippen molar-refractivity contribution in [1.82, 2.24) is 0 Å². The van der Waals surface area contributed by atoms with Crippen LogP contribution in [0.25, 0.3) is 0 Å². The van der Waals surface area contributed by atoms with Crippen molar-refractivity contribution < 1.29 is 23.7 Å². The summed E-state index contributed by atoms with van der Waals surface area (Å²) in [6.07, 6.45) is 1.34. The molecule has 0 bridgehead atoms. The molecule has 0 heterocycles. The van der Waals surface area contributed by atoms with E-state index in [2.05, 4.69) is 139 Å². The summed E-state index contributed by atoms with van der Waals surface area (Å²) >= 11 is 0. The lowest BCUT2D eigenvalue weighted by atomic mass is 9.67. The largest absolute Gasteiger partial charge is 0.871 e. The molecule has 0 fully saturated rings. The van der Waals surface area contributed by atoms with Gasteiger partial charge in [-0.1, -0.05) is 152 Å². The maximum absolute atomic E-state index is 10.7. The van der Waals surface area contributed by atoms with Gasteiger partial charge in [0, 0.05) is 23.1 Å². The first-order valence-electron chi connectivity index (χ1n) is 16.7. The van der Waals surface area contributed by atoms with Gasteiger partial charge in [0.05, 0.1) is 49.6 Å². The van der Waals surface area contributed by atoms with E-state index in [-0.39, 0.29) is 12.0 Å². The van der Waals surface area contributed by atoms with E-state index >= 15 is 0 Å². The van der Waals surface area contributed by atoms with Crippen LogP contribution in [0.2, 0.25) is 0 Å². The van der Waals surface area contributed by atoms with Crippen LogP contribution in [0.1, 0.15) is 40.7 Å². The van der Waals surface area contributed by atoms with Crippen molar-refractivity contribution in [3.05, 3.63) is 179 Å². The molecule has 0 saturated carbocycles. The van der Waals surface area contributed by atoms with Gasteiger partial charge in [-0.15, -0.1) is 0 Å². The van der Waals surface area contributed by atoms with E-state index in [0.29, 0.717) is 6.42 Å². The van der Waals surface area contributed by atoms with Crippen molar-refractivity contribution >= 4 is 7.32 Å². The molecule has 0 amide bonds. The molecule has 0 aromatic heterocycles. The van der Waals surface area contributed by atoms with Crippen LogP contribution in [0.15, 0.2) is 152 Å². The number of nitrogens with zero attached hydrogens (tertiary/aromatic N) is 2. The molecular weight excluding hydrogens is 591 g/mol. The van der Waals surface area contributed by atoms with E-state index in [0.717, 1.165) is 28.5 Å². The first kappa shape index (κ1) is 38.4. The second kappa shape index (κ2) is 19.1. The molecule has 6 heteroatoms. The van der Waals surface area contributed by atoms with Crippen LogP contribution >= 0.6 is 0 Å². The van der Waals surface area contributed by atoms with Crippen molar-refractivity contribution in [2.24, 2.45) is 0 Å². The van der Waals surface area contributed by atoms with E-state index in [1.807, 2.05) is 54.6 Å². The molecule has 0 N–H and O–H groups in total. The maximum Gasteiger partial charge on any atom is 0.104 e. The fourth-order valence-electron chi connectivity index (χ4n) is 5.88. The highest BCUT2D eigenvalue weighted by Gasteiger charge is 2.35. The summed E-state index contributed by atoms with van der Waals surface area (Å²) in [5.74, 6) is 0. The Kier molecular flexibility index (Phi) is 15.3. The fourth-order valence-corrected chi connectivity index (χ4v) is 5.88. The molecule has 252 valence electrons. The Balaban J connectivity index is 0.000000233. The van der Waals surface area contributed by atoms with Gasteiger partial charge in [-0.2, -0.15) is 0 Å². The van der Waals surface area contributed by atoms with Gasteiger partial charge < -0.3 is 23.7 Å². The molecule has 0 atom stereocenters. The number of benzene rings is 5. The van der Waals surface area contributed by atoms with Crippen LogP contribution in [0.3, 0.4) is 0 Å². The molecule has 5 nitrogen and oxygen atoms in total. The molecule has 0 radical (unpaired) electrons. The zero-order chi connectivity index (χ0) is 34.9. The third-order valence-corrected chi connectivity index (χ3v) is 7.75. The molecule has 0 unspecified atom stereocenters. The zero-order valence-electron chi connectivity index (χ0n) is 29.7. The fraction of sp³-hybridized carbons (Fsp3) is 0.286. The molecule has 5 aromatic rings. The molecule has 0 spiro atoms. The van der Waals surface area contributed by atoms with Gasteiger partial charge in [-0.05, 0) is 29.5 Å². The van der Waals surface area contributed by atoms with E-state index in [1.54, 1.807) is 0 Å². The van der Waals surface area contributed by atoms with Crippen molar-refractivity contribution in [3.63, 3.8) is 0 Å². The minimum Gasteiger partial charge on any atom is -0.871 e. The Morgan fingerprint density at radius 2 is 0.771 bits per heavy atom. The molecule has 5 rings (SSSR count). The van der Waals surface area contributed by atoms with Crippen LogP contribution in [-0.2, 0) is 23.2 Å². The molecule has 48 heavy (non-hydrogen) atoms. The minimum absolute atomic E-state index is 0.159. The van der Waals surface area contributed by atoms with E-state index in [4.69, 9.17) is 4.65 Å². The lowest BCUT2D eigenvalue weighted by Gasteiger charge is -2.37. The zero-order valence-corrected chi connectivity index (χ0v) is 29.7. The van der Waals surface area contributed by atoms with Crippen molar-refractivity contribution in [2.45, 2.75) is 31.3 Å². The van der Waals surface area contributed by atoms with Gasteiger partial charge in [0.25, 0.3) is 0 Å². The summed E-state index contributed by atoms with van der Waals surface area (Å²) in [4.78, 5) is 0. The third kappa shape index (κ3) is 13.6. The van der Waals surface area contributed by atoms with Crippen LogP contribution in [0.4, 0.5) is 0 Å². The topological polar surface area (TPSA) is 55.3 Å². The lowest BCUT2D eigenvalue weighted by Crippen LogP contribution is -2.48. The third-order valence-electron chi connectivity index (χ3n) is 7.75. The Hall–Kier alpha value is -4.04. The quantitative estimate of drug-likeness (QED) is 0.0693. The summed E-state index contributed by atoms with van der Waals surface area (Å²) in [6.45, 7) is 2.35. The maximum atomic E-state index is 10.7. The van der Waals surface area contributed by atoms with Crippen LogP contribution < -0.4 is 10.0 Å². The Bertz CT molecular complexity index is 1390. The van der Waals surface area contributed by atoms with Gasteiger partial charge in [0.2, 0.25) is 0 Å². The second-order valence-electron chi connectivity index (χ2n) is 14.1. The van der Waals surface area contributed by atoms with Crippen molar-refractivity contribution in [3.8, 4) is 0 Å². The average Bonchev–Trinajstić information content (AvgIpc) is 3.06. The first-order chi connectivity index (χ1) is 22.9. The molecule has 5 aromatic carbocycles. The minimum atomic E-state index is -2.23. The monoisotopic (exact) mass is 644 g/mol. The van der Waals surface area contributed by atoms with Crippen LogP contribution in [0, 0.1) is 0 Å². The van der Waals surface area contributed by atoms with Crippen molar-refractivity contribution in [1.29, 1.82) is 0 Å². The van der Waals surface area contributed by atoms with Crippen LogP contribution in [-0.4, -0.2) is 65.2 Å². The molecular formula is C42H53BN2O3. The smallest absolute Gasteiger partial charge is 0.104 e. The van der Waals surface area contributed by atoms with Crippen molar-refractivity contribution in [2.75, 3.05) is 48.9 Å². The van der Waals surface area contributed by atoms with Gasteiger partial charge in [-0.3, -0.25) is 0 Å². The highest BCUT2D eigenvalue weighted by molar-refractivity contribution is 6.28. The highest BCUT2D eigenvalue weighted by Crippen LogP contribution is 2.42. The predicted molar refractivity (Wildman–Crippen MR) is 197 cm³/mol. The molecule has 0 saturated heterocycles. The van der Waals surface area contributed by atoms with Gasteiger partial charge in [0.15, 0.2) is 0 Å². The van der Waals surface area contributed by atoms with Gasteiger partial charge in [-0.25, -0.2) is 0 Å². The second-order valence-corrected chi connectivity index (χ2v) is 14.1. The summed E-state index contributed by atoms with van der Waals surface area (Å²) in [5, 5.41) is 21.4. The lowest BCUT2D eigenvalue weighted by molar-refractivity contribution is -0.884. The van der Waals surface area contributed by atoms with Gasteiger partial charge >= 0.3 is 0 Å². The number of hydrogen-bond donors (Lipinski definition) is 0. The average molecular weight is 645 g/mol. The summed E-state index contributed by atoms with van der Waals surface area (Å²) in [6, 6.07) is 52.2. The summed E-state index contributed by atoms with van der Waals surface area (Å²) in [7, 11) is 11.0. The predicted octanol–water partition coefficient (Wildman–Crippen LogP) is 6.31. The normalized spacial score (nSPS) is 11.4. The Morgan fingerprint density at radius 3 is 1.04 bits per heavy atom. The van der Waals surface area contributed by atoms with E-state index in [1.165, 1.54) is 27.8 Å². The molecule has 0 aliphatic carbocycles. The number of rotatable bonds is 12. The number of quaternary nitrogens is 2. The molecule has 0 aliphatic rings.